The molecule has 0 fully saturated rings. The van der Waals surface area contributed by atoms with Crippen LogP contribution in [0.3, 0.4) is 0 Å². The largest absolute Gasteiger partial charge is 0.504 e. The van der Waals surface area contributed by atoms with E-state index in [4.69, 9.17) is 16.3 Å². The molecule has 0 spiro atoms. The van der Waals surface area contributed by atoms with E-state index in [0.717, 1.165) is 6.07 Å². The molecule has 2 N–H and O–H groups in total. The Hall–Kier alpha value is -2.80. The van der Waals surface area contributed by atoms with Gasteiger partial charge in [0.15, 0.2) is 11.5 Å². The minimum atomic E-state index is -0.580. The Morgan fingerprint density at radius 1 is 1.41 bits per heavy atom. The molecule has 0 saturated carbocycles. The number of aromatic hydroxyl groups is 1. The number of hydrogen-bond acceptors (Lipinski definition) is 6. The van der Waals surface area contributed by atoms with Crippen molar-refractivity contribution in [3.63, 3.8) is 0 Å². The fraction of sp³-hybridized carbons (Fsp3) is 0.0714. The monoisotopic (exact) mass is 321 g/mol. The summed E-state index contributed by atoms with van der Waals surface area (Å²) in [6, 6.07) is 9.20. The van der Waals surface area contributed by atoms with Gasteiger partial charge in [0.25, 0.3) is 5.69 Å². The highest BCUT2D eigenvalue weighted by atomic mass is 35.5. The first-order chi connectivity index (χ1) is 10.5. The van der Waals surface area contributed by atoms with Crippen molar-refractivity contribution in [2.45, 2.75) is 0 Å². The fourth-order valence-corrected chi connectivity index (χ4v) is 1.90. The summed E-state index contributed by atoms with van der Waals surface area (Å²) in [6.07, 6.45) is 1.26. The third-order valence-electron chi connectivity index (χ3n) is 2.74. The summed E-state index contributed by atoms with van der Waals surface area (Å²) in [5.41, 5.74) is 3.29. The maximum absolute atomic E-state index is 10.9. The van der Waals surface area contributed by atoms with Gasteiger partial charge in [-0.15, -0.1) is 0 Å². The van der Waals surface area contributed by atoms with Crippen LogP contribution in [0.4, 0.5) is 11.4 Å². The van der Waals surface area contributed by atoms with Crippen LogP contribution < -0.4 is 10.2 Å². The van der Waals surface area contributed by atoms with E-state index in [1.54, 1.807) is 24.3 Å². The number of phenols is 1. The molecular formula is C14H12ClN3O4. The average molecular weight is 322 g/mol. The van der Waals surface area contributed by atoms with Crippen molar-refractivity contribution in [2.24, 2.45) is 5.10 Å². The normalized spacial score (nSPS) is 10.6. The second kappa shape index (κ2) is 6.77. The Labute approximate surface area is 130 Å². The molecule has 0 bridgehead atoms. The third kappa shape index (κ3) is 3.64. The summed E-state index contributed by atoms with van der Waals surface area (Å²) in [5.74, 6) is -0.233. The number of anilines is 1. The molecule has 7 nitrogen and oxygen atoms in total. The van der Waals surface area contributed by atoms with Gasteiger partial charge in [-0.1, -0.05) is 17.7 Å². The van der Waals surface area contributed by atoms with E-state index in [1.807, 2.05) is 0 Å². The van der Waals surface area contributed by atoms with Gasteiger partial charge in [-0.3, -0.25) is 15.5 Å². The number of nitrogens with one attached hydrogen (secondary N) is 1. The number of benzene rings is 2. The van der Waals surface area contributed by atoms with Crippen LogP contribution in [-0.4, -0.2) is 23.4 Å². The molecule has 2 rings (SSSR count). The first kappa shape index (κ1) is 15.6. The lowest BCUT2D eigenvalue weighted by Gasteiger charge is -2.06. The highest BCUT2D eigenvalue weighted by Gasteiger charge is 2.15. The van der Waals surface area contributed by atoms with Crippen molar-refractivity contribution in [3.05, 3.63) is 57.1 Å². The highest BCUT2D eigenvalue weighted by Crippen LogP contribution is 2.33. The Kier molecular flexibility index (Phi) is 4.80. The molecule has 22 heavy (non-hydrogen) atoms. The maximum Gasteiger partial charge on any atom is 0.274 e. The van der Waals surface area contributed by atoms with Crippen molar-refractivity contribution in [1.29, 1.82) is 0 Å². The Balaban J connectivity index is 2.26. The zero-order chi connectivity index (χ0) is 16.1. The van der Waals surface area contributed by atoms with Crippen LogP contribution in [-0.2, 0) is 0 Å². The number of rotatable bonds is 5. The summed E-state index contributed by atoms with van der Waals surface area (Å²) < 4.78 is 4.90. The lowest BCUT2D eigenvalue weighted by molar-refractivity contribution is -0.385. The van der Waals surface area contributed by atoms with Gasteiger partial charge < -0.3 is 9.84 Å². The minimum Gasteiger partial charge on any atom is -0.504 e. The van der Waals surface area contributed by atoms with Crippen LogP contribution in [0, 0.1) is 10.1 Å². The quantitative estimate of drug-likeness (QED) is 0.499. The molecule has 0 radical (unpaired) electrons. The topological polar surface area (TPSA) is 97.0 Å². The number of nitrogens with zero attached hydrogens (tertiary/aromatic N) is 2. The molecule has 0 unspecified atom stereocenters. The van der Waals surface area contributed by atoms with Crippen LogP contribution in [0.25, 0.3) is 0 Å². The molecule has 0 aromatic heterocycles. The van der Waals surface area contributed by atoms with E-state index in [-0.39, 0.29) is 22.7 Å². The molecule has 2 aromatic carbocycles. The van der Waals surface area contributed by atoms with Gasteiger partial charge in [-0.05, 0) is 18.2 Å². The minimum absolute atomic E-state index is 0.00148. The molecule has 0 aliphatic heterocycles. The number of nitro groups is 1. The molecule has 0 amide bonds. The van der Waals surface area contributed by atoms with Gasteiger partial charge in [0.1, 0.15) is 0 Å². The summed E-state index contributed by atoms with van der Waals surface area (Å²) in [4.78, 5) is 10.3. The van der Waals surface area contributed by atoms with Crippen LogP contribution in [0.1, 0.15) is 5.56 Å². The second-order valence-corrected chi connectivity index (χ2v) is 4.66. The number of methoxy groups -OCH3 is 1. The summed E-state index contributed by atoms with van der Waals surface area (Å²) >= 11 is 5.84. The fourth-order valence-electron chi connectivity index (χ4n) is 1.71. The first-order valence-electron chi connectivity index (χ1n) is 6.11. The Morgan fingerprint density at radius 2 is 2.18 bits per heavy atom. The van der Waals surface area contributed by atoms with Gasteiger partial charge in [0.2, 0.25) is 0 Å². The molecule has 0 saturated heterocycles. The molecule has 8 heteroatoms. The molecular weight excluding hydrogens is 310 g/mol. The van der Waals surface area contributed by atoms with Crippen LogP contribution in [0.15, 0.2) is 41.5 Å². The molecule has 0 atom stereocenters. The second-order valence-electron chi connectivity index (χ2n) is 4.22. The number of non-ortho nitro benzene ring substituents is 1. The number of hydrogen-bond donors (Lipinski definition) is 2. The van der Waals surface area contributed by atoms with E-state index >= 15 is 0 Å². The van der Waals surface area contributed by atoms with E-state index in [2.05, 4.69) is 10.5 Å². The number of ether oxygens (including phenoxy) is 1. The standard InChI is InChI=1S/C14H12ClN3O4/c1-22-13-7-12(18(20)21)5-9(14(13)19)8-16-17-11-4-2-3-10(15)6-11/h2-8,17,19H,1H3. The van der Waals surface area contributed by atoms with Gasteiger partial charge >= 0.3 is 0 Å². The predicted octanol–water partition coefficient (Wildman–Crippen LogP) is 3.41. The first-order valence-corrected chi connectivity index (χ1v) is 6.49. The van der Waals surface area contributed by atoms with Crippen LogP contribution in [0.5, 0.6) is 11.5 Å². The molecule has 114 valence electrons. The predicted molar refractivity (Wildman–Crippen MR) is 84.0 cm³/mol. The summed E-state index contributed by atoms with van der Waals surface area (Å²) in [7, 11) is 1.31. The zero-order valence-electron chi connectivity index (χ0n) is 11.5. The Bertz CT molecular complexity index is 734. The number of hydrazone groups is 1. The van der Waals surface area contributed by atoms with Gasteiger partial charge in [0.05, 0.1) is 30.0 Å². The van der Waals surface area contributed by atoms with Crippen LogP contribution in [0.2, 0.25) is 5.02 Å². The smallest absolute Gasteiger partial charge is 0.274 e. The average Bonchev–Trinajstić information content (AvgIpc) is 2.48. The van der Waals surface area contributed by atoms with Crippen LogP contribution >= 0.6 is 11.6 Å². The Morgan fingerprint density at radius 3 is 2.82 bits per heavy atom. The van der Waals surface area contributed by atoms with Gasteiger partial charge in [0, 0.05) is 16.7 Å². The van der Waals surface area contributed by atoms with E-state index in [1.165, 1.54) is 19.4 Å². The maximum atomic E-state index is 10.9. The van der Waals surface area contributed by atoms with Crippen molar-refractivity contribution in [1.82, 2.24) is 0 Å². The summed E-state index contributed by atoms with van der Waals surface area (Å²) in [6.45, 7) is 0. The lowest BCUT2D eigenvalue weighted by atomic mass is 10.2. The third-order valence-corrected chi connectivity index (χ3v) is 2.98. The van der Waals surface area contributed by atoms with Crippen molar-refractivity contribution in [2.75, 3.05) is 12.5 Å². The van der Waals surface area contributed by atoms with Crippen molar-refractivity contribution < 1.29 is 14.8 Å². The molecule has 0 aliphatic rings. The number of nitro benzene ring substituents is 1. The molecule has 2 aromatic rings. The molecule has 0 aliphatic carbocycles. The SMILES string of the molecule is COc1cc([N+](=O)[O-])cc(C=NNc2cccc(Cl)c2)c1O. The lowest BCUT2D eigenvalue weighted by Crippen LogP contribution is -1.96. The van der Waals surface area contributed by atoms with Crippen molar-refractivity contribution in [3.8, 4) is 11.5 Å². The van der Waals surface area contributed by atoms with E-state index in [0.29, 0.717) is 10.7 Å². The summed E-state index contributed by atoms with van der Waals surface area (Å²) in [5, 5.41) is 25.3. The van der Waals surface area contributed by atoms with E-state index < -0.39 is 4.92 Å². The number of phenolic OH excluding ortho intramolecular Hbond substituents is 1. The highest BCUT2D eigenvalue weighted by molar-refractivity contribution is 6.30. The van der Waals surface area contributed by atoms with Gasteiger partial charge in [-0.2, -0.15) is 5.10 Å². The zero-order valence-corrected chi connectivity index (χ0v) is 12.2. The van der Waals surface area contributed by atoms with Crippen molar-refractivity contribution >= 4 is 29.2 Å². The van der Waals surface area contributed by atoms with Gasteiger partial charge in [-0.25, -0.2) is 0 Å². The van der Waals surface area contributed by atoms with E-state index in [9.17, 15) is 15.2 Å². The molecule has 0 heterocycles. The number of halogens is 1.